The number of amides is 1. The van der Waals surface area contributed by atoms with E-state index in [9.17, 15) is 22.0 Å². The largest absolute Gasteiger partial charge is 0.322 e. The van der Waals surface area contributed by atoms with Crippen LogP contribution in [0.1, 0.15) is 13.8 Å². The van der Waals surface area contributed by atoms with Crippen LogP contribution in [0.5, 0.6) is 0 Å². The number of hydrogen-bond donors (Lipinski definition) is 1. The van der Waals surface area contributed by atoms with Gasteiger partial charge in [-0.3, -0.25) is 4.79 Å². The molecular weight excluding hydrogens is 404 g/mol. The van der Waals surface area contributed by atoms with Crippen molar-refractivity contribution in [1.82, 2.24) is 0 Å². The summed E-state index contributed by atoms with van der Waals surface area (Å²) in [4.78, 5) is 12.4. The molecule has 0 aromatic heterocycles. The first-order chi connectivity index (χ1) is 11.1. The minimum Gasteiger partial charge on any atom is -0.322 e. The zero-order valence-corrected chi connectivity index (χ0v) is 15.2. The molecule has 4 nitrogen and oxygen atoms in total. The van der Waals surface area contributed by atoms with Crippen molar-refractivity contribution >= 4 is 37.4 Å². The van der Waals surface area contributed by atoms with Gasteiger partial charge in [0.05, 0.1) is 10.6 Å². The summed E-state index contributed by atoms with van der Waals surface area (Å²) >= 11 is 3.20. The molecule has 0 saturated carbocycles. The van der Waals surface area contributed by atoms with E-state index in [-0.39, 0.29) is 10.6 Å². The van der Waals surface area contributed by atoms with E-state index in [2.05, 4.69) is 21.2 Å². The van der Waals surface area contributed by atoms with Gasteiger partial charge >= 0.3 is 0 Å². The Kier molecular flexibility index (Phi) is 5.10. The molecule has 0 spiro atoms. The van der Waals surface area contributed by atoms with Gasteiger partial charge in [0.15, 0.2) is 9.84 Å². The van der Waals surface area contributed by atoms with Gasteiger partial charge in [0.2, 0.25) is 5.91 Å². The minimum atomic E-state index is -4.03. The zero-order chi connectivity index (χ0) is 18.1. The van der Waals surface area contributed by atoms with Gasteiger partial charge in [-0.05, 0) is 50.2 Å². The van der Waals surface area contributed by atoms with Crippen LogP contribution >= 0.6 is 15.9 Å². The average molecular weight is 418 g/mol. The molecule has 1 N–H and O–H groups in total. The number of anilines is 1. The van der Waals surface area contributed by atoms with Crippen LogP contribution in [0, 0.1) is 11.6 Å². The van der Waals surface area contributed by atoms with E-state index in [1.165, 1.54) is 26.0 Å². The monoisotopic (exact) mass is 417 g/mol. The average Bonchev–Trinajstić information content (AvgIpc) is 2.50. The second-order valence-electron chi connectivity index (χ2n) is 5.55. The maximum Gasteiger partial charge on any atom is 0.245 e. The van der Waals surface area contributed by atoms with E-state index >= 15 is 0 Å². The van der Waals surface area contributed by atoms with Crippen LogP contribution in [-0.2, 0) is 14.6 Å². The van der Waals surface area contributed by atoms with Crippen LogP contribution in [0.2, 0.25) is 0 Å². The van der Waals surface area contributed by atoms with Crippen LogP contribution < -0.4 is 5.32 Å². The molecule has 2 aromatic carbocycles. The van der Waals surface area contributed by atoms with E-state index in [1.54, 1.807) is 12.1 Å². The highest BCUT2D eigenvalue weighted by molar-refractivity contribution is 9.10. The van der Waals surface area contributed by atoms with Crippen molar-refractivity contribution < 1.29 is 22.0 Å². The van der Waals surface area contributed by atoms with Gasteiger partial charge in [0.25, 0.3) is 0 Å². The van der Waals surface area contributed by atoms with Gasteiger partial charge in [0, 0.05) is 10.5 Å². The third kappa shape index (κ3) is 3.49. The van der Waals surface area contributed by atoms with Crippen molar-refractivity contribution in [3.8, 4) is 0 Å². The number of halogens is 3. The molecule has 2 aromatic rings. The van der Waals surface area contributed by atoms with E-state index < -0.39 is 32.1 Å². The summed E-state index contributed by atoms with van der Waals surface area (Å²) in [5.41, 5.74) is -0.291. The highest BCUT2D eigenvalue weighted by Crippen LogP contribution is 2.28. The number of carbonyl (C=O) groups excluding carboxylic acids is 1. The van der Waals surface area contributed by atoms with Crippen LogP contribution in [0.3, 0.4) is 0 Å². The first-order valence-electron chi connectivity index (χ1n) is 6.82. The predicted octanol–water partition coefficient (Wildman–Crippen LogP) is 3.92. The Morgan fingerprint density at radius 3 is 2.21 bits per heavy atom. The van der Waals surface area contributed by atoms with Crippen molar-refractivity contribution in [3.63, 3.8) is 0 Å². The Bertz CT molecular complexity index is 881. The van der Waals surface area contributed by atoms with Gasteiger partial charge < -0.3 is 5.32 Å². The first kappa shape index (κ1) is 18.5. The Morgan fingerprint density at radius 2 is 1.67 bits per heavy atom. The number of nitrogens with one attached hydrogen (secondary N) is 1. The van der Waals surface area contributed by atoms with E-state index in [0.29, 0.717) is 10.5 Å². The Morgan fingerprint density at radius 1 is 1.08 bits per heavy atom. The summed E-state index contributed by atoms with van der Waals surface area (Å²) in [6.45, 7) is 2.45. The third-order valence-electron chi connectivity index (χ3n) is 3.52. The molecule has 0 unspecified atom stereocenters. The van der Waals surface area contributed by atoms with Gasteiger partial charge in [-0.1, -0.05) is 15.9 Å². The van der Waals surface area contributed by atoms with Crippen molar-refractivity contribution in [2.24, 2.45) is 0 Å². The number of hydrogen-bond acceptors (Lipinski definition) is 3. The molecule has 8 heteroatoms. The fourth-order valence-electron chi connectivity index (χ4n) is 1.89. The Balaban J connectivity index is 2.34. The molecule has 0 atom stereocenters. The fourth-order valence-corrected chi connectivity index (χ4v) is 3.54. The fraction of sp³-hybridized carbons (Fsp3) is 0.188. The summed E-state index contributed by atoms with van der Waals surface area (Å²) in [7, 11) is -4.03. The van der Waals surface area contributed by atoms with Crippen molar-refractivity contribution in [1.29, 1.82) is 0 Å². The first-order valence-corrected chi connectivity index (χ1v) is 9.10. The topological polar surface area (TPSA) is 63.2 Å². The second kappa shape index (κ2) is 6.60. The highest BCUT2D eigenvalue weighted by atomic mass is 79.9. The van der Waals surface area contributed by atoms with Gasteiger partial charge in [-0.15, -0.1) is 0 Å². The van der Waals surface area contributed by atoms with Crippen molar-refractivity contribution in [2.45, 2.75) is 23.5 Å². The lowest BCUT2D eigenvalue weighted by molar-refractivity contribution is -0.117. The number of sulfone groups is 1. The SMILES string of the molecule is CC(C)(C(=O)Nc1ccc(F)cc1F)S(=O)(=O)c1ccc(Br)cc1. The molecule has 0 aliphatic heterocycles. The molecule has 0 radical (unpaired) electrons. The Labute approximate surface area is 146 Å². The summed E-state index contributed by atoms with van der Waals surface area (Å²) in [5.74, 6) is -2.71. The maximum absolute atomic E-state index is 13.7. The number of benzene rings is 2. The third-order valence-corrected chi connectivity index (χ3v) is 6.47. The molecule has 0 aliphatic rings. The van der Waals surface area contributed by atoms with Crippen LogP contribution in [-0.4, -0.2) is 19.1 Å². The predicted molar refractivity (Wildman–Crippen MR) is 90.4 cm³/mol. The molecule has 24 heavy (non-hydrogen) atoms. The second-order valence-corrected chi connectivity index (χ2v) is 8.96. The van der Waals surface area contributed by atoms with E-state index in [1.807, 2.05) is 0 Å². The zero-order valence-electron chi connectivity index (χ0n) is 12.8. The molecule has 2 rings (SSSR count). The van der Waals surface area contributed by atoms with Crippen LogP contribution in [0.25, 0.3) is 0 Å². The van der Waals surface area contributed by atoms with E-state index in [0.717, 1.165) is 12.1 Å². The van der Waals surface area contributed by atoms with Gasteiger partial charge in [0.1, 0.15) is 16.4 Å². The molecule has 0 bridgehead atoms. The van der Waals surface area contributed by atoms with Gasteiger partial charge in [-0.25, -0.2) is 17.2 Å². The van der Waals surface area contributed by atoms with Crippen LogP contribution in [0.15, 0.2) is 51.8 Å². The quantitative estimate of drug-likeness (QED) is 0.819. The molecule has 0 heterocycles. The lowest BCUT2D eigenvalue weighted by atomic mass is 10.2. The summed E-state index contributed by atoms with van der Waals surface area (Å²) < 4.78 is 50.8. The van der Waals surface area contributed by atoms with E-state index in [4.69, 9.17) is 0 Å². The van der Waals surface area contributed by atoms with Crippen molar-refractivity contribution in [2.75, 3.05) is 5.32 Å². The lowest BCUT2D eigenvalue weighted by Crippen LogP contribution is -2.44. The Hall–Kier alpha value is -1.80. The standard InChI is InChI=1S/C16H14BrF2NO3S/c1-16(2,24(22,23)12-6-3-10(17)4-7-12)15(21)20-14-8-5-11(18)9-13(14)19/h3-9H,1-2H3,(H,20,21). The molecule has 1 amide bonds. The maximum atomic E-state index is 13.7. The molecule has 0 aliphatic carbocycles. The summed E-state index contributed by atoms with van der Waals surface area (Å²) in [6, 6.07) is 8.42. The van der Waals surface area contributed by atoms with Crippen LogP contribution in [0.4, 0.5) is 14.5 Å². The smallest absolute Gasteiger partial charge is 0.245 e. The minimum absolute atomic E-state index is 0.0366. The van der Waals surface area contributed by atoms with Crippen molar-refractivity contribution in [3.05, 3.63) is 58.6 Å². The normalized spacial score (nSPS) is 12.0. The molecule has 0 fully saturated rings. The number of carbonyl (C=O) groups is 1. The highest BCUT2D eigenvalue weighted by Gasteiger charge is 2.43. The molecule has 128 valence electrons. The molecular formula is C16H14BrF2NO3S. The lowest BCUT2D eigenvalue weighted by Gasteiger charge is -2.24. The van der Waals surface area contributed by atoms with Gasteiger partial charge in [-0.2, -0.15) is 0 Å². The molecule has 0 saturated heterocycles. The summed E-state index contributed by atoms with van der Waals surface area (Å²) in [6.07, 6.45) is 0. The summed E-state index contributed by atoms with van der Waals surface area (Å²) in [5, 5.41) is 2.20. The number of rotatable bonds is 4.